The molecule has 1 fully saturated rings. The van der Waals surface area contributed by atoms with Crippen molar-refractivity contribution in [2.24, 2.45) is 0 Å². The van der Waals surface area contributed by atoms with Crippen LogP contribution in [0.15, 0.2) is 72.8 Å². The van der Waals surface area contributed by atoms with Gasteiger partial charge in [-0.3, -0.25) is 0 Å². The second kappa shape index (κ2) is 9.60. The van der Waals surface area contributed by atoms with Crippen LogP contribution in [-0.4, -0.2) is 10.2 Å². The summed E-state index contributed by atoms with van der Waals surface area (Å²) in [5, 5.41) is 19.6. The number of phenols is 2. The Morgan fingerprint density at radius 3 is 1.71 bits per heavy atom. The summed E-state index contributed by atoms with van der Waals surface area (Å²) in [6.07, 6.45) is 9.43. The molecule has 3 aromatic carbocycles. The van der Waals surface area contributed by atoms with E-state index in [-0.39, 0.29) is 5.41 Å². The van der Waals surface area contributed by atoms with Gasteiger partial charge in [0.05, 0.1) is 0 Å². The molecular weight excluding hydrogens is 380 g/mol. The van der Waals surface area contributed by atoms with Gasteiger partial charge in [-0.1, -0.05) is 68.3 Å². The van der Waals surface area contributed by atoms with E-state index in [1.54, 1.807) is 24.3 Å². The number of aromatic hydroxyl groups is 2. The Balaban J connectivity index is 1.53. The summed E-state index contributed by atoms with van der Waals surface area (Å²) in [6.45, 7) is 2.25. The summed E-state index contributed by atoms with van der Waals surface area (Å²) in [7, 11) is 0. The molecule has 31 heavy (non-hydrogen) atoms. The molecule has 0 heterocycles. The SMILES string of the molecule is CCCCCc1ccc(C2CCC(c3ccc(O)cc3)(c3ccc(O)cc3)CC2)cc1. The summed E-state index contributed by atoms with van der Waals surface area (Å²) < 4.78 is 0. The Hall–Kier alpha value is -2.74. The molecule has 1 aliphatic rings. The van der Waals surface area contributed by atoms with Gasteiger partial charge in [-0.05, 0) is 91.0 Å². The highest BCUT2D eigenvalue weighted by molar-refractivity contribution is 5.44. The largest absolute Gasteiger partial charge is 0.508 e. The van der Waals surface area contributed by atoms with Gasteiger partial charge in [0.2, 0.25) is 0 Å². The van der Waals surface area contributed by atoms with E-state index in [2.05, 4.69) is 55.5 Å². The van der Waals surface area contributed by atoms with Crippen molar-refractivity contribution in [3.05, 3.63) is 95.1 Å². The summed E-state index contributed by atoms with van der Waals surface area (Å²) in [5.74, 6) is 1.20. The Morgan fingerprint density at radius 2 is 1.23 bits per heavy atom. The van der Waals surface area contributed by atoms with Crippen LogP contribution in [0.5, 0.6) is 11.5 Å². The van der Waals surface area contributed by atoms with Gasteiger partial charge < -0.3 is 10.2 Å². The van der Waals surface area contributed by atoms with Crippen molar-refractivity contribution in [3.63, 3.8) is 0 Å². The van der Waals surface area contributed by atoms with E-state index in [0.29, 0.717) is 17.4 Å². The zero-order chi connectivity index (χ0) is 21.7. The highest BCUT2D eigenvalue weighted by Gasteiger charge is 2.38. The number of aryl methyl sites for hydroxylation is 1. The summed E-state index contributed by atoms with van der Waals surface area (Å²) in [5.41, 5.74) is 5.35. The van der Waals surface area contributed by atoms with Crippen LogP contribution < -0.4 is 0 Å². The lowest BCUT2D eigenvalue weighted by Gasteiger charge is -2.41. The quantitative estimate of drug-likeness (QED) is 0.394. The third-order valence-electron chi connectivity index (χ3n) is 7.20. The second-order valence-corrected chi connectivity index (χ2v) is 9.15. The minimum atomic E-state index is -0.0714. The lowest BCUT2D eigenvalue weighted by atomic mass is 9.62. The first-order chi connectivity index (χ1) is 15.1. The molecule has 4 rings (SSSR count). The van der Waals surface area contributed by atoms with E-state index in [4.69, 9.17) is 0 Å². The summed E-state index contributed by atoms with van der Waals surface area (Å²) in [4.78, 5) is 0. The van der Waals surface area contributed by atoms with Gasteiger partial charge in [0.15, 0.2) is 0 Å². The molecular formula is C29H34O2. The monoisotopic (exact) mass is 414 g/mol. The first-order valence-corrected chi connectivity index (χ1v) is 11.8. The molecule has 2 heteroatoms. The maximum Gasteiger partial charge on any atom is 0.115 e. The molecule has 0 atom stereocenters. The molecule has 1 aliphatic carbocycles. The van der Waals surface area contributed by atoms with Crippen LogP contribution in [-0.2, 0) is 11.8 Å². The molecule has 0 saturated heterocycles. The molecule has 0 unspecified atom stereocenters. The molecule has 0 spiro atoms. The minimum Gasteiger partial charge on any atom is -0.508 e. The fourth-order valence-electron chi connectivity index (χ4n) is 5.28. The Morgan fingerprint density at radius 1 is 0.710 bits per heavy atom. The predicted octanol–water partition coefficient (Wildman–Crippen LogP) is 7.47. The Labute approximate surface area is 186 Å². The van der Waals surface area contributed by atoms with Gasteiger partial charge in [0.25, 0.3) is 0 Å². The molecule has 2 N–H and O–H groups in total. The van der Waals surface area contributed by atoms with Crippen LogP contribution in [0.25, 0.3) is 0 Å². The van der Waals surface area contributed by atoms with Gasteiger partial charge in [0.1, 0.15) is 11.5 Å². The van der Waals surface area contributed by atoms with Crippen LogP contribution in [0.3, 0.4) is 0 Å². The molecule has 0 radical (unpaired) electrons. The second-order valence-electron chi connectivity index (χ2n) is 9.15. The smallest absolute Gasteiger partial charge is 0.115 e. The van der Waals surface area contributed by atoms with Crippen molar-refractivity contribution in [2.45, 2.75) is 69.6 Å². The molecule has 0 aromatic heterocycles. The first-order valence-electron chi connectivity index (χ1n) is 11.8. The molecule has 2 nitrogen and oxygen atoms in total. The molecule has 0 bridgehead atoms. The third-order valence-corrected chi connectivity index (χ3v) is 7.20. The van der Waals surface area contributed by atoms with E-state index in [9.17, 15) is 10.2 Å². The van der Waals surface area contributed by atoms with Gasteiger partial charge in [-0.2, -0.15) is 0 Å². The number of rotatable bonds is 7. The number of unbranched alkanes of at least 4 members (excludes halogenated alkanes) is 2. The minimum absolute atomic E-state index is 0.0714. The number of benzene rings is 3. The average molecular weight is 415 g/mol. The van der Waals surface area contributed by atoms with Crippen molar-refractivity contribution in [2.75, 3.05) is 0 Å². The zero-order valence-corrected chi connectivity index (χ0v) is 18.6. The predicted molar refractivity (Wildman–Crippen MR) is 128 cm³/mol. The highest BCUT2D eigenvalue weighted by Crippen LogP contribution is 2.49. The van der Waals surface area contributed by atoms with Crippen LogP contribution in [0, 0.1) is 0 Å². The zero-order valence-electron chi connectivity index (χ0n) is 18.6. The number of phenolic OH excluding ortho intramolecular Hbond substituents is 2. The lowest BCUT2D eigenvalue weighted by Crippen LogP contribution is -2.32. The lowest BCUT2D eigenvalue weighted by molar-refractivity contribution is 0.314. The van der Waals surface area contributed by atoms with Gasteiger partial charge in [-0.25, -0.2) is 0 Å². The summed E-state index contributed by atoms with van der Waals surface area (Å²) in [6, 6.07) is 24.8. The van der Waals surface area contributed by atoms with E-state index in [1.165, 1.54) is 47.9 Å². The molecule has 0 aliphatic heterocycles. The first kappa shape index (κ1) is 21.5. The van der Waals surface area contributed by atoms with Gasteiger partial charge in [0, 0.05) is 5.41 Å². The van der Waals surface area contributed by atoms with E-state index < -0.39 is 0 Å². The number of hydrogen-bond donors (Lipinski definition) is 2. The van der Waals surface area contributed by atoms with Crippen LogP contribution in [0.2, 0.25) is 0 Å². The van der Waals surface area contributed by atoms with Crippen molar-refractivity contribution in [1.82, 2.24) is 0 Å². The van der Waals surface area contributed by atoms with Crippen LogP contribution in [0.1, 0.15) is 80.0 Å². The van der Waals surface area contributed by atoms with Gasteiger partial charge in [-0.15, -0.1) is 0 Å². The molecule has 1 saturated carbocycles. The van der Waals surface area contributed by atoms with Crippen molar-refractivity contribution in [1.29, 1.82) is 0 Å². The van der Waals surface area contributed by atoms with E-state index in [1.807, 2.05) is 0 Å². The maximum atomic E-state index is 9.79. The van der Waals surface area contributed by atoms with E-state index >= 15 is 0 Å². The Kier molecular flexibility index (Phi) is 6.65. The fourth-order valence-corrected chi connectivity index (χ4v) is 5.28. The normalized spacial score (nSPS) is 16.3. The van der Waals surface area contributed by atoms with Crippen LogP contribution in [0.4, 0.5) is 0 Å². The number of hydrogen-bond acceptors (Lipinski definition) is 2. The van der Waals surface area contributed by atoms with Crippen molar-refractivity contribution >= 4 is 0 Å². The van der Waals surface area contributed by atoms with Crippen molar-refractivity contribution in [3.8, 4) is 11.5 Å². The highest BCUT2D eigenvalue weighted by atomic mass is 16.3. The Bertz CT molecular complexity index is 900. The van der Waals surface area contributed by atoms with E-state index in [0.717, 1.165) is 25.7 Å². The topological polar surface area (TPSA) is 40.5 Å². The van der Waals surface area contributed by atoms with Gasteiger partial charge >= 0.3 is 0 Å². The fraction of sp³-hybridized carbons (Fsp3) is 0.379. The maximum absolute atomic E-state index is 9.79. The molecule has 0 amide bonds. The molecule has 162 valence electrons. The average Bonchev–Trinajstić information content (AvgIpc) is 2.81. The van der Waals surface area contributed by atoms with Crippen LogP contribution >= 0.6 is 0 Å². The standard InChI is InChI=1S/C29H34O2/c1-2-3-4-5-22-6-8-23(9-7-22)24-18-20-29(21-19-24,25-10-14-27(30)15-11-25)26-12-16-28(31)17-13-26/h6-17,24,30-31H,2-5,18-21H2,1H3. The summed E-state index contributed by atoms with van der Waals surface area (Å²) >= 11 is 0. The third kappa shape index (κ3) is 4.79. The molecule has 3 aromatic rings. The van der Waals surface area contributed by atoms with Crippen molar-refractivity contribution < 1.29 is 10.2 Å².